The van der Waals surface area contributed by atoms with Crippen molar-refractivity contribution in [3.8, 4) is 11.5 Å². The highest BCUT2D eigenvalue weighted by Crippen LogP contribution is 2.36. The van der Waals surface area contributed by atoms with Gasteiger partial charge in [0.1, 0.15) is 22.5 Å². The second-order valence-corrected chi connectivity index (χ2v) is 7.08. The molecular weight excluding hydrogens is 348 g/mol. The number of carbonyl (C=O) groups is 1. The number of nitrogens with zero attached hydrogens (tertiary/aromatic N) is 2. The zero-order chi connectivity index (χ0) is 18.7. The first kappa shape index (κ1) is 18.3. The van der Waals surface area contributed by atoms with Gasteiger partial charge in [0.25, 0.3) is 0 Å². The second kappa shape index (κ2) is 7.41. The van der Waals surface area contributed by atoms with Crippen LogP contribution in [0.15, 0.2) is 36.4 Å². The Morgan fingerprint density at radius 1 is 1.08 bits per heavy atom. The summed E-state index contributed by atoms with van der Waals surface area (Å²) in [5.41, 5.74) is 3.10. The Morgan fingerprint density at radius 3 is 2.54 bits per heavy atom. The van der Waals surface area contributed by atoms with E-state index >= 15 is 0 Å². The molecule has 0 aliphatic rings. The molecule has 1 heterocycles. The summed E-state index contributed by atoms with van der Waals surface area (Å²) >= 11 is 1.20. The van der Waals surface area contributed by atoms with E-state index in [2.05, 4.69) is 22.6 Å². The molecule has 1 aromatic heterocycles. The minimum Gasteiger partial charge on any atom is -0.497 e. The molecule has 0 spiro atoms. The van der Waals surface area contributed by atoms with Crippen LogP contribution in [0.1, 0.15) is 42.6 Å². The van der Waals surface area contributed by atoms with E-state index in [0.29, 0.717) is 23.5 Å². The Labute approximate surface area is 157 Å². The minimum absolute atomic E-state index is 0.0293. The largest absolute Gasteiger partial charge is 0.497 e. The molecule has 0 amide bonds. The van der Waals surface area contributed by atoms with Crippen LogP contribution in [0.25, 0.3) is 11.0 Å². The van der Waals surface area contributed by atoms with Crippen LogP contribution in [-0.4, -0.2) is 28.7 Å². The quantitative estimate of drug-likeness (QED) is 0.567. The number of benzene rings is 2. The van der Waals surface area contributed by atoms with Gasteiger partial charge < -0.3 is 9.47 Å². The van der Waals surface area contributed by atoms with Gasteiger partial charge in [0.2, 0.25) is 0 Å². The first-order valence-electron chi connectivity index (χ1n) is 8.49. The molecule has 0 aliphatic carbocycles. The standard InChI is InChI=1S/C20H22N2O3S/c1-5-20(2,13-6-8-16-17(10-13)22-26-21-16)12-18(23)15-11-14(24-3)7-9-19(15)25-4/h6-11H,5,12H2,1-4H3. The number of aromatic nitrogens is 2. The first-order chi connectivity index (χ1) is 12.5. The van der Waals surface area contributed by atoms with Crippen molar-refractivity contribution >= 4 is 28.5 Å². The molecule has 0 radical (unpaired) electrons. The molecule has 1 unspecified atom stereocenters. The molecule has 26 heavy (non-hydrogen) atoms. The Kier molecular flexibility index (Phi) is 5.23. The van der Waals surface area contributed by atoms with E-state index in [9.17, 15) is 4.79 Å². The van der Waals surface area contributed by atoms with Crippen molar-refractivity contribution in [2.75, 3.05) is 14.2 Å². The lowest BCUT2D eigenvalue weighted by atomic mass is 9.75. The summed E-state index contributed by atoms with van der Waals surface area (Å²) in [5.74, 6) is 1.23. The predicted octanol–water partition coefficient (Wildman–Crippen LogP) is 4.65. The van der Waals surface area contributed by atoms with Crippen LogP contribution in [0.5, 0.6) is 11.5 Å². The van der Waals surface area contributed by atoms with Crippen molar-refractivity contribution in [1.29, 1.82) is 0 Å². The monoisotopic (exact) mass is 370 g/mol. The summed E-state index contributed by atoms with van der Waals surface area (Å²) in [4.78, 5) is 13.1. The fourth-order valence-electron chi connectivity index (χ4n) is 3.07. The Bertz CT molecular complexity index is 938. The van der Waals surface area contributed by atoms with Crippen molar-refractivity contribution < 1.29 is 14.3 Å². The molecule has 0 saturated carbocycles. The molecule has 2 aromatic carbocycles. The summed E-state index contributed by atoms with van der Waals surface area (Å²) in [6.45, 7) is 4.21. The molecular formula is C20H22N2O3S. The summed E-state index contributed by atoms with van der Waals surface area (Å²) in [6, 6.07) is 11.4. The van der Waals surface area contributed by atoms with Gasteiger partial charge in [-0.15, -0.1) is 0 Å². The van der Waals surface area contributed by atoms with Crippen LogP contribution in [0.4, 0.5) is 0 Å². The molecule has 0 N–H and O–H groups in total. The highest BCUT2D eigenvalue weighted by Gasteiger charge is 2.30. The first-order valence-corrected chi connectivity index (χ1v) is 9.22. The van der Waals surface area contributed by atoms with Gasteiger partial charge in [0.05, 0.1) is 31.5 Å². The topological polar surface area (TPSA) is 61.3 Å². The highest BCUT2D eigenvalue weighted by molar-refractivity contribution is 7.00. The van der Waals surface area contributed by atoms with Crippen molar-refractivity contribution in [3.63, 3.8) is 0 Å². The van der Waals surface area contributed by atoms with Crippen LogP contribution >= 0.6 is 11.7 Å². The zero-order valence-corrected chi connectivity index (χ0v) is 16.2. The molecule has 6 heteroatoms. The third-order valence-corrected chi connectivity index (χ3v) is 5.55. The average Bonchev–Trinajstić information content (AvgIpc) is 3.15. The predicted molar refractivity (Wildman–Crippen MR) is 104 cm³/mol. The summed E-state index contributed by atoms with van der Waals surface area (Å²) in [5, 5.41) is 0. The average molecular weight is 370 g/mol. The Morgan fingerprint density at radius 2 is 1.85 bits per heavy atom. The van der Waals surface area contributed by atoms with E-state index in [4.69, 9.17) is 9.47 Å². The number of hydrogen-bond acceptors (Lipinski definition) is 6. The summed E-state index contributed by atoms with van der Waals surface area (Å²) in [7, 11) is 3.16. The van der Waals surface area contributed by atoms with Gasteiger partial charge in [-0.1, -0.05) is 19.9 Å². The van der Waals surface area contributed by atoms with Crippen LogP contribution < -0.4 is 9.47 Å². The zero-order valence-electron chi connectivity index (χ0n) is 15.4. The number of Topliss-reactive ketones (excluding diaryl/α,β-unsaturated/α-hetero) is 1. The fourth-order valence-corrected chi connectivity index (χ4v) is 3.59. The number of carbonyl (C=O) groups excluding carboxylic acids is 1. The number of fused-ring (bicyclic) bond motifs is 1. The van der Waals surface area contributed by atoms with E-state index in [1.54, 1.807) is 32.4 Å². The van der Waals surface area contributed by atoms with Crippen LogP contribution in [0.2, 0.25) is 0 Å². The van der Waals surface area contributed by atoms with Gasteiger partial charge in [-0.25, -0.2) is 0 Å². The number of methoxy groups -OCH3 is 2. The lowest BCUT2D eigenvalue weighted by molar-refractivity contribution is 0.0948. The fraction of sp³-hybridized carbons (Fsp3) is 0.350. The lowest BCUT2D eigenvalue weighted by Crippen LogP contribution is -2.25. The van der Waals surface area contributed by atoms with E-state index in [1.807, 2.05) is 18.2 Å². The maximum atomic E-state index is 13.1. The van der Waals surface area contributed by atoms with Crippen molar-refractivity contribution in [2.45, 2.75) is 32.1 Å². The molecule has 1 atom stereocenters. The molecule has 0 aliphatic heterocycles. The third kappa shape index (κ3) is 3.42. The van der Waals surface area contributed by atoms with Crippen molar-refractivity contribution in [2.24, 2.45) is 0 Å². The molecule has 3 aromatic rings. The minimum atomic E-state index is -0.303. The van der Waals surface area contributed by atoms with Crippen LogP contribution in [0.3, 0.4) is 0 Å². The van der Waals surface area contributed by atoms with Gasteiger partial charge in [0.15, 0.2) is 5.78 Å². The van der Waals surface area contributed by atoms with E-state index in [1.165, 1.54) is 11.7 Å². The Hall–Kier alpha value is -2.47. The normalized spacial score (nSPS) is 13.4. The maximum Gasteiger partial charge on any atom is 0.167 e. The number of ether oxygens (including phenoxy) is 2. The number of hydrogen-bond donors (Lipinski definition) is 0. The molecule has 0 fully saturated rings. The maximum absolute atomic E-state index is 13.1. The molecule has 0 bridgehead atoms. The van der Waals surface area contributed by atoms with Gasteiger partial charge in [0, 0.05) is 6.42 Å². The van der Waals surface area contributed by atoms with Crippen LogP contribution in [-0.2, 0) is 5.41 Å². The summed E-state index contributed by atoms with van der Waals surface area (Å²) in [6.07, 6.45) is 1.20. The Balaban J connectivity index is 1.95. The van der Waals surface area contributed by atoms with Crippen molar-refractivity contribution in [1.82, 2.24) is 8.75 Å². The van der Waals surface area contributed by atoms with E-state index < -0.39 is 0 Å². The van der Waals surface area contributed by atoms with Gasteiger partial charge in [-0.2, -0.15) is 8.75 Å². The SMILES string of the molecule is CCC(C)(CC(=O)c1cc(OC)ccc1OC)c1ccc2nsnc2c1. The molecule has 3 rings (SSSR count). The van der Waals surface area contributed by atoms with E-state index in [-0.39, 0.29) is 11.2 Å². The van der Waals surface area contributed by atoms with Crippen molar-refractivity contribution in [3.05, 3.63) is 47.5 Å². The third-order valence-electron chi connectivity index (χ3n) is 4.99. The van der Waals surface area contributed by atoms with Gasteiger partial charge >= 0.3 is 0 Å². The summed E-state index contributed by atoms with van der Waals surface area (Å²) < 4.78 is 19.2. The molecule has 5 nitrogen and oxygen atoms in total. The van der Waals surface area contributed by atoms with Gasteiger partial charge in [-0.3, -0.25) is 4.79 Å². The smallest absolute Gasteiger partial charge is 0.167 e. The van der Waals surface area contributed by atoms with Crippen LogP contribution in [0, 0.1) is 0 Å². The number of ketones is 1. The highest BCUT2D eigenvalue weighted by atomic mass is 32.1. The number of rotatable bonds is 7. The molecule has 136 valence electrons. The molecule has 0 saturated heterocycles. The lowest BCUT2D eigenvalue weighted by Gasteiger charge is -2.28. The van der Waals surface area contributed by atoms with E-state index in [0.717, 1.165) is 23.0 Å². The van der Waals surface area contributed by atoms with Gasteiger partial charge in [-0.05, 0) is 47.7 Å². The second-order valence-electron chi connectivity index (χ2n) is 6.55.